The summed E-state index contributed by atoms with van der Waals surface area (Å²) in [6.07, 6.45) is 1.17. The molecule has 0 aliphatic carbocycles. The predicted octanol–water partition coefficient (Wildman–Crippen LogP) is 1.11. The van der Waals surface area contributed by atoms with Crippen LogP contribution < -0.4 is 0 Å². The summed E-state index contributed by atoms with van der Waals surface area (Å²) in [5, 5.41) is 8.71. The highest BCUT2D eigenvalue weighted by molar-refractivity contribution is 5.83. The van der Waals surface area contributed by atoms with E-state index in [9.17, 15) is 9.59 Å². The van der Waals surface area contributed by atoms with E-state index in [0.717, 1.165) is 6.42 Å². The Morgan fingerprint density at radius 2 is 1.92 bits per heavy atom. The van der Waals surface area contributed by atoms with Gasteiger partial charge < -0.3 is 10.0 Å². The van der Waals surface area contributed by atoms with Crippen molar-refractivity contribution in [2.24, 2.45) is 0 Å². The lowest BCUT2D eigenvalue weighted by molar-refractivity contribution is -0.149. The molecule has 0 heterocycles. The molecule has 0 rings (SSSR count). The minimum absolute atomic E-state index is 0.0834. The van der Waals surface area contributed by atoms with Gasteiger partial charge in [-0.25, -0.2) is 4.79 Å². The van der Waals surface area contributed by atoms with Crippen molar-refractivity contribution in [3.8, 4) is 0 Å². The van der Waals surface area contributed by atoms with E-state index < -0.39 is 12.0 Å². The van der Waals surface area contributed by atoms with Gasteiger partial charge in [0.2, 0.25) is 5.91 Å². The van der Waals surface area contributed by atoms with Gasteiger partial charge in [-0.1, -0.05) is 6.92 Å². The molecular formula is C9H17NO3. The first-order valence-electron chi connectivity index (χ1n) is 4.56. The molecule has 0 saturated heterocycles. The van der Waals surface area contributed by atoms with E-state index in [1.54, 1.807) is 6.92 Å². The molecule has 0 spiro atoms. The Morgan fingerprint density at radius 1 is 1.38 bits per heavy atom. The van der Waals surface area contributed by atoms with Crippen molar-refractivity contribution < 1.29 is 14.7 Å². The quantitative estimate of drug-likeness (QED) is 0.701. The van der Waals surface area contributed by atoms with E-state index in [2.05, 4.69) is 0 Å². The van der Waals surface area contributed by atoms with E-state index in [0.29, 0.717) is 13.0 Å². The molecule has 0 aromatic carbocycles. The van der Waals surface area contributed by atoms with Crippen LogP contribution in [0.25, 0.3) is 0 Å². The van der Waals surface area contributed by atoms with Crippen LogP contribution in [-0.4, -0.2) is 34.5 Å². The second-order valence-electron chi connectivity index (χ2n) is 2.94. The fourth-order valence-corrected chi connectivity index (χ4v) is 1.16. The monoisotopic (exact) mass is 187 g/mol. The molecule has 1 amide bonds. The average molecular weight is 187 g/mol. The number of carbonyl (C=O) groups excluding carboxylic acids is 1. The molecule has 0 saturated carbocycles. The zero-order valence-corrected chi connectivity index (χ0v) is 8.41. The normalized spacial score (nSPS) is 12.2. The molecule has 1 N–H and O–H groups in total. The standard InChI is InChI=1S/C9H17NO3/c1-4-6-8(11)10(5-2)7(3)9(12)13/h7H,4-6H2,1-3H3,(H,12,13)/t7-/m0/s1. The lowest BCUT2D eigenvalue weighted by Crippen LogP contribution is -2.42. The fraction of sp³-hybridized carbons (Fsp3) is 0.778. The third kappa shape index (κ3) is 3.44. The van der Waals surface area contributed by atoms with Gasteiger partial charge in [-0.3, -0.25) is 4.79 Å². The summed E-state index contributed by atoms with van der Waals surface area (Å²) in [7, 11) is 0. The third-order valence-electron chi connectivity index (χ3n) is 1.95. The summed E-state index contributed by atoms with van der Waals surface area (Å²) in [5.41, 5.74) is 0. The number of carbonyl (C=O) groups is 2. The van der Waals surface area contributed by atoms with Crippen LogP contribution >= 0.6 is 0 Å². The maximum absolute atomic E-state index is 11.4. The molecule has 0 radical (unpaired) electrons. The van der Waals surface area contributed by atoms with Gasteiger partial charge in [0.25, 0.3) is 0 Å². The molecule has 0 aliphatic heterocycles. The minimum atomic E-state index is -0.952. The van der Waals surface area contributed by atoms with Crippen LogP contribution in [0.4, 0.5) is 0 Å². The number of rotatable bonds is 5. The molecule has 0 fully saturated rings. The van der Waals surface area contributed by atoms with Crippen LogP contribution in [0.5, 0.6) is 0 Å². The summed E-state index contributed by atoms with van der Waals surface area (Å²) < 4.78 is 0. The Hall–Kier alpha value is -1.06. The van der Waals surface area contributed by atoms with Crippen LogP contribution in [-0.2, 0) is 9.59 Å². The first kappa shape index (κ1) is 11.9. The molecule has 0 bridgehead atoms. The average Bonchev–Trinajstić information content (AvgIpc) is 2.05. The van der Waals surface area contributed by atoms with Gasteiger partial charge in [0.15, 0.2) is 0 Å². The molecule has 1 atom stereocenters. The molecular weight excluding hydrogens is 170 g/mol. The highest BCUT2D eigenvalue weighted by atomic mass is 16.4. The number of nitrogens with zero attached hydrogens (tertiary/aromatic N) is 1. The molecule has 4 nitrogen and oxygen atoms in total. The Kier molecular flexibility index (Phi) is 5.11. The van der Waals surface area contributed by atoms with Gasteiger partial charge in [0.05, 0.1) is 0 Å². The SMILES string of the molecule is CCCC(=O)N(CC)[C@@H](C)C(=O)O. The fourth-order valence-electron chi connectivity index (χ4n) is 1.16. The van der Waals surface area contributed by atoms with Gasteiger partial charge in [0, 0.05) is 13.0 Å². The number of carboxylic acid groups (broad SMARTS) is 1. The zero-order valence-electron chi connectivity index (χ0n) is 8.41. The van der Waals surface area contributed by atoms with Crippen molar-refractivity contribution in [1.29, 1.82) is 0 Å². The third-order valence-corrected chi connectivity index (χ3v) is 1.95. The second kappa shape index (κ2) is 5.56. The number of carboxylic acids is 1. The summed E-state index contributed by atoms with van der Waals surface area (Å²) in [5.74, 6) is -1.04. The van der Waals surface area contributed by atoms with Crippen molar-refractivity contribution in [2.75, 3.05) is 6.54 Å². The van der Waals surface area contributed by atoms with E-state index in [-0.39, 0.29) is 5.91 Å². The van der Waals surface area contributed by atoms with Crippen molar-refractivity contribution in [3.05, 3.63) is 0 Å². The van der Waals surface area contributed by atoms with Gasteiger partial charge in [-0.15, -0.1) is 0 Å². The molecule has 0 aliphatic rings. The molecule has 0 unspecified atom stereocenters. The largest absolute Gasteiger partial charge is 0.480 e. The Balaban J connectivity index is 4.31. The number of hydrogen-bond donors (Lipinski definition) is 1. The highest BCUT2D eigenvalue weighted by Gasteiger charge is 2.22. The molecule has 13 heavy (non-hydrogen) atoms. The van der Waals surface area contributed by atoms with E-state index in [1.165, 1.54) is 11.8 Å². The van der Waals surface area contributed by atoms with Crippen molar-refractivity contribution >= 4 is 11.9 Å². The summed E-state index contributed by atoms with van der Waals surface area (Å²) in [6, 6.07) is -0.718. The molecule has 76 valence electrons. The molecule has 0 aromatic heterocycles. The number of aliphatic carboxylic acids is 1. The van der Waals surface area contributed by atoms with E-state index >= 15 is 0 Å². The zero-order chi connectivity index (χ0) is 10.4. The lowest BCUT2D eigenvalue weighted by atomic mass is 10.2. The predicted molar refractivity (Wildman–Crippen MR) is 49.4 cm³/mol. The smallest absolute Gasteiger partial charge is 0.326 e. The number of hydrogen-bond acceptors (Lipinski definition) is 2. The molecule has 4 heteroatoms. The van der Waals surface area contributed by atoms with E-state index in [4.69, 9.17) is 5.11 Å². The first-order valence-corrected chi connectivity index (χ1v) is 4.56. The van der Waals surface area contributed by atoms with Crippen LogP contribution in [0.1, 0.15) is 33.6 Å². The summed E-state index contributed by atoms with van der Waals surface area (Å²) in [6.45, 7) is 5.66. The second-order valence-corrected chi connectivity index (χ2v) is 2.94. The van der Waals surface area contributed by atoms with Crippen molar-refractivity contribution in [1.82, 2.24) is 4.90 Å². The maximum atomic E-state index is 11.4. The van der Waals surface area contributed by atoms with Crippen LogP contribution in [0.3, 0.4) is 0 Å². The van der Waals surface area contributed by atoms with Crippen LogP contribution in [0.2, 0.25) is 0 Å². The number of likely N-dealkylation sites (N-methyl/N-ethyl adjacent to an activating group) is 1. The van der Waals surface area contributed by atoms with Crippen LogP contribution in [0.15, 0.2) is 0 Å². The number of amides is 1. The molecule has 0 aromatic rings. The Labute approximate surface area is 78.5 Å². The van der Waals surface area contributed by atoms with Gasteiger partial charge >= 0.3 is 5.97 Å². The van der Waals surface area contributed by atoms with Crippen molar-refractivity contribution in [2.45, 2.75) is 39.7 Å². The summed E-state index contributed by atoms with van der Waals surface area (Å²) in [4.78, 5) is 23.4. The van der Waals surface area contributed by atoms with Crippen molar-refractivity contribution in [3.63, 3.8) is 0 Å². The summed E-state index contributed by atoms with van der Waals surface area (Å²) >= 11 is 0. The first-order chi connectivity index (χ1) is 6.04. The van der Waals surface area contributed by atoms with Gasteiger partial charge in [-0.2, -0.15) is 0 Å². The minimum Gasteiger partial charge on any atom is -0.480 e. The Bertz CT molecular complexity index is 191. The maximum Gasteiger partial charge on any atom is 0.326 e. The lowest BCUT2D eigenvalue weighted by Gasteiger charge is -2.24. The highest BCUT2D eigenvalue weighted by Crippen LogP contribution is 2.03. The topological polar surface area (TPSA) is 57.6 Å². The van der Waals surface area contributed by atoms with Gasteiger partial charge in [0.1, 0.15) is 6.04 Å². The van der Waals surface area contributed by atoms with E-state index in [1.807, 2.05) is 6.92 Å². The van der Waals surface area contributed by atoms with Gasteiger partial charge in [-0.05, 0) is 20.3 Å². The van der Waals surface area contributed by atoms with Crippen LogP contribution in [0, 0.1) is 0 Å². The Morgan fingerprint density at radius 3 is 2.23 bits per heavy atom.